The van der Waals surface area contributed by atoms with Gasteiger partial charge >= 0.3 is 5.97 Å². The predicted molar refractivity (Wildman–Crippen MR) is 101 cm³/mol. The molecule has 28 heavy (non-hydrogen) atoms. The molecular weight excluding hydrogens is 382 g/mol. The van der Waals surface area contributed by atoms with E-state index < -0.39 is 22.0 Å². The van der Waals surface area contributed by atoms with E-state index in [1.807, 2.05) is 0 Å². The highest BCUT2D eigenvalue weighted by atomic mass is 32.2. The average molecular weight is 405 g/mol. The molecule has 1 aromatic carbocycles. The lowest BCUT2D eigenvalue weighted by atomic mass is 10.0. The number of esters is 1. The first-order valence-corrected chi connectivity index (χ1v) is 11.1. The van der Waals surface area contributed by atoms with E-state index in [9.17, 15) is 18.0 Å². The maximum atomic E-state index is 12.7. The lowest BCUT2D eigenvalue weighted by molar-refractivity contribution is -0.155. The molecule has 0 bridgehead atoms. The van der Waals surface area contributed by atoms with Crippen LogP contribution in [0.2, 0.25) is 0 Å². The number of amides is 1. The Kier molecular flexibility index (Phi) is 5.09. The summed E-state index contributed by atoms with van der Waals surface area (Å²) in [4.78, 5) is 28.5. The molecule has 1 amide bonds. The molecule has 0 N–H and O–H groups in total. The van der Waals surface area contributed by atoms with Crippen molar-refractivity contribution in [1.82, 2.24) is 9.80 Å². The summed E-state index contributed by atoms with van der Waals surface area (Å²) < 4.78 is 34.0. The first-order valence-electron chi connectivity index (χ1n) is 9.63. The average Bonchev–Trinajstić information content (AvgIpc) is 3.33. The fraction of sp³-hybridized carbons (Fsp3) is 0.526. The molecule has 0 radical (unpaired) electrons. The van der Waals surface area contributed by atoms with Crippen molar-refractivity contribution in [2.45, 2.75) is 43.0 Å². The van der Waals surface area contributed by atoms with Crippen molar-refractivity contribution in [2.24, 2.45) is 4.40 Å². The summed E-state index contributed by atoms with van der Waals surface area (Å²) in [6, 6.07) is 5.99. The van der Waals surface area contributed by atoms with Gasteiger partial charge in [0.25, 0.3) is 15.9 Å². The second kappa shape index (κ2) is 7.54. The Labute approximate surface area is 164 Å². The zero-order valence-corrected chi connectivity index (χ0v) is 16.4. The fourth-order valence-electron chi connectivity index (χ4n) is 4.01. The normalized spacial score (nSPS) is 23.3. The van der Waals surface area contributed by atoms with Gasteiger partial charge in [0.05, 0.1) is 0 Å². The van der Waals surface area contributed by atoms with Gasteiger partial charge < -0.3 is 14.5 Å². The van der Waals surface area contributed by atoms with Crippen molar-refractivity contribution in [3.05, 3.63) is 29.8 Å². The SMILES string of the molecule is O=C(OCC(=O)N1CCCC1)[C@H]1CCCCN1C1=NS(=O)(=O)c2ccccc21. The molecule has 0 spiro atoms. The molecule has 9 heteroatoms. The number of fused-ring (bicyclic) bond motifs is 1. The molecule has 0 unspecified atom stereocenters. The minimum Gasteiger partial charge on any atom is -0.454 e. The highest BCUT2D eigenvalue weighted by molar-refractivity contribution is 7.90. The number of amidine groups is 1. The van der Waals surface area contributed by atoms with Gasteiger partial charge in [-0.25, -0.2) is 4.79 Å². The minimum absolute atomic E-state index is 0.159. The third-order valence-electron chi connectivity index (χ3n) is 5.46. The Hall–Kier alpha value is -2.42. The molecule has 0 saturated carbocycles. The first kappa shape index (κ1) is 18.9. The molecule has 0 aromatic heterocycles. The van der Waals surface area contributed by atoms with Crippen molar-refractivity contribution < 1.29 is 22.7 Å². The molecule has 150 valence electrons. The van der Waals surface area contributed by atoms with Gasteiger partial charge in [-0.05, 0) is 44.2 Å². The van der Waals surface area contributed by atoms with Crippen LogP contribution in [0.25, 0.3) is 0 Å². The van der Waals surface area contributed by atoms with E-state index >= 15 is 0 Å². The number of hydrogen-bond acceptors (Lipinski definition) is 6. The zero-order chi connectivity index (χ0) is 19.7. The Morgan fingerprint density at radius 3 is 2.57 bits per heavy atom. The second-order valence-electron chi connectivity index (χ2n) is 7.29. The van der Waals surface area contributed by atoms with Crippen LogP contribution in [0.15, 0.2) is 33.6 Å². The Bertz CT molecular complexity index is 921. The van der Waals surface area contributed by atoms with Gasteiger partial charge in [-0.2, -0.15) is 8.42 Å². The number of carbonyl (C=O) groups is 2. The highest BCUT2D eigenvalue weighted by Crippen LogP contribution is 2.31. The zero-order valence-electron chi connectivity index (χ0n) is 15.5. The van der Waals surface area contributed by atoms with Crippen LogP contribution in [-0.2, 0) is 24.3 Å². The molecule has 0 aliphatic carbocycles. The quantitative estimate of drug-likeness (QED) is 0.700. The van der Waals surface area contributed by atoms with Crippen molar-refractivity contribution in [3.8, 4) is 0 Å². The predicted octanol–water partition coefficient (Wildman–Crippen LogP) is 1.16. The van der Waals surface area contributed by atoms with Crippen LogP contribution in [0.1, 0.15) is 37.7 Å². The maximum absolute atomic E-state index is 12.7. The van der Waals surface area contributed by atoms with Crippen LogP contribution in [-0.4, -0.2) is 68.2 Å². The summed E-state index contributed by atoms with van der Waals surface area (Å²) in [7, 11) is -3.76. The van der Waals surface area contributed by atoms with Gasteiger partial charge in [0.15, 0.2) is 12.4 Å². The highest BCUT2D eigenvalue weighted by Gasteiger charge is 2.38. The Morgan fingerprint density at radius 2 is 1.79 bits per heavy atom. The fourth-order valence-corrected chi connectivity index (χ4v) is 5.23. The lowest BCUT2D eigenvalue weighted by Gasteiger charge is -2.35. The monoisotopic (exact) mass is 405 g/mol. The van der Waals surface area contributed by atoms with Crippen LogP contribution in [0.5, 0.6) is 0 Å². The van der Waals surface area contributed by atoms with E-state index in [1.165, 1.54) is 6.07 Å². The second-order valence-corrected chi connectivity index (χ2v) is 8.86. The van der Waals surface area contributed by atoms with Crippen molar-refractivity contribution >= 4 is 27.7 Å². The number of sulfonamides is 1. The molecule has 1 atom stereocenters. The summed E-state index contributed by atoms with van der Waals surface area (Å²) >= 11 is 0. The number of hydrogen-bond donors (Lipinski definition) is 0. The van der Waals surface area contributed by atoms with Crippen LogP contribution < -0.4 is 0 Å². The number of nitrogens with zero attached hydrogens (tertiary/aromatic N) is 3. The molecule has 2 fully saturated rings. The van der Waals surface area contributed by atoms with Crippen molar-refractivity contribution in [2.75, 3.05) is 26.2 Å². The first-order chi connectivity index (χ1) is 13.5. The molecule has 2 saturated heterocycles. The summed E-state index contributed by atoms with van der Waals surface area (Å²) in [5.74, 6) is -0.390. The number of likely N-dealkylation sites (tertiary alicyclic amines) is 2. The van der Waals surface area contributed by atoms with Crippen LogP contribution in [0.3, 0.4) is 0 Å². The van der Waals surface area contributed by atoms with Crippen LogP contribution in [0, 0.1) is 0 Å². The molecule has 3 aliphatic rings. The molecular formula is C19H23N3O5S. The molecule has 8 nitrogen and oxygen atoms in total. The number of piperidine rings is 1. The minimum atomic E-state index is -3.76. The van der Waals surface area contributed by atoms with E-state index in [0.717, 1.165) is 25.7 Å². The van der Waals surface area contributed by atoms with E-state index in [0.29, 0.717) is 37.5 Å². The van der Waals surface area contributed by atoms with Gasteiger partial charge in [-0.15, -0.1) is 4.40 Å². The third kappa shape index (κ3) is 3.50. The van der Waals surface area contributed by atoms with Gasteiger partial charge in [-0.1, -0.05) is 12.1 Å². The molecule has 3 heterocycles. The number of benzene rings is 1. The maximum Gasteiger partial charge on any atom is 0.329 e. The summed E-state index contributed by atoms with van der Waals surface area (Å²) in [5.41, 5.74) is 0.510. The van der Waals surface area contributed by atoms with Crippen LogP contribution in [0.4, 0.5) is 0 Å². The Balaban J connectivity index is 1.51. The molecule has 4 rings (SSSR count). The van der Waals surface area contributed by atoms with Gasteiger partial charge in [0, 0.05) is 25.2 Å². The number of ether oxygens (including phenoxy) is 1. The van der Waals surface area contributed by atoms with Crippen molar-refractivity contribution in [1.29, 1.82) is 0 Å². The summed E-state index contributed by atoms with van der Waals surface area (Å²) in [5, 5.41) is 0. The van der Waals surface area contributed by atoms with E-state index in [1.54, 1.807) is 28.0 Å². The largest absolute Gasteiger partial charge is 0.454 e. The van der Waals surface area contributed by atoms with E-state index in [4.69, 9.17) is 4.74 Å². The van der Waals surface area contributed by atoms with Gasteiger partial charge in [-0.3, -0.25) is 4.79 Å². The lowest BCUT2D eigenvalue weighted by Crippen LogP contribution is -2.49. The smallest absolute Gasteiger partial charge is 0.329 e. The molecule has 1 aromatic rings. The van der Waals surface area contributed by atoms with E-state index in [2.05, 4.69) is 4.40 Å². The number of carbonyl (C=O) groups excluding carboxylic acids is 2. The molecule has 3 aliphatic heterocycles. The Morgan fingerprint density at radius 1 is 1.07 bits per heavy atom. The standard InChI is InChI=1S/C19H23N3O5S/c23-17(21-10-5-6-11-21)13-27-19(24)15-8-3-4-12-22(15)18-14-7-1-2-9-16(14)28(25,26)20-18/h1-2,7,9,15H,3-6,8,10-13H2/t15-/m1/s1. The van der Waals surface area contributed by atoms with Crippen molar-refractivity contribution in [3.63, 3.8) is 0 Å². The van der Waals surface area contributed by atoms with Gasteiger partial charge in [0.1, 0.15) is 10.9 Å². The third-order valence-corrected chi connectivity index (χ3v) is 6.78. The number of rotatable bonds is 3. The topological polar surface area (TPSA) is 96.3 Å². The van der Waals surface area contributed by atoms with Crippen LogP contribution >= 0.6 is 0 Å². The van der Waals surface area contributed by atoms with Gasteiger partial charge in [0.2, 0.25) is 0 Å². The summed E-state index contributed by atoms with van der Waals surface area (Å²) in [6.07, 6.45) is 4.15. The summed E-state index contributed by atoms with van der Waals surface area (Å²) in [6.45, 7) is 1.65. The van der Waals surface area contributed by atoms with E-state index in [-0.39, 0.29) is 17.4 Å².